The second kappa shape index (κ2) is 8.15. The molecule has 0 aromatic rings. The fourth-order valence-corrected chi connectivity index (χ4v) is 5.23. The standard InChI is InChI=1S/C20H35N3O3/c1-4-6-16(3)23(15-24)17-7-9-21(10-8-17)18-11-20(12-18)13-22(14-20)19(25)26-5-2/h15-18H,4-14H2,1-3H3. The second-order valence-corrected chi connectivity index (χ2v) is 8.57. The minimum Gasteiger partial charge on any atom is -0.450 e. The third kappa shape index (κ3) is 3.85. The van der Waals surface area contributed by atoms with Gasteiger partial charge in [-0.25, -0.2) is 4.79 Å². The van der Waals surface area contributed by atoms with E-state index in [1.54, 1.807) is 0 Å². The number of hydrogen-bond donors (Lipinski definition) is 0. The molecule has 2 amide bonds. The Morgan fingerprint density at radius 3 is 2.46 bits per heavy atom. The van der Waals surface area contributed by atoms with Gasteiger partial charge in [0.05, 0.1) is 6.61 Å². The summed E-state index contributed by atoms with van der Waals surface area (Å²) in [6, 6.07) is 1.42. The molecule has 148 valence electrons. The van der Waals surface area contributed by atoms with Crippen LogP contribution in [0.25, 0.3) is 0 Å². The Morgan fingerprint density at radius 2 is 1.92 bits per heavy atom. The highest BCUT2D eigenvalue weighted by Gasteiger charge is 2.55. The topological polar surface area (TPSA) is 53.1 Å². The Labute approximate surface area is 157 Å². The van der Waals surface area contributed by atoms with E-state index in [4.69, 9.17) is 4.74 Å². The first-order valence-electron chi connectivity index (χ1n) is 10.4. The molecule has 1 saturated carbocycles. The normalized spacial score (nSPS) is 24.7. The average molecular weight is 366 g/mol. The zero-order valence-electron chi connectivity index (χ0n) is 16.7. The maximum absolute atomic E-state index is 11.7. The molecule has 0 bridgehead atoms. The molecule has 0 aromatic heterocycles. The number of likely N-dealkylation sites (tertiary alicyclic amines) is 2. The summed E-state index contributed by atoms with van der Waals surface area (Å²) in [5.41, 5.74) is 0.360. The molecule has 1 spiro atoms. The molecule has 3 fully saturated rings. The molecule has 0 radical (unpaired) electrons. The van der Waals surface area contributed by atoms with Gasteiger partial charge in [-0.2, -0.15) is 0 Å². The summed E-state index contributed by atoms with van der Waals surface area (Å²) in [6.45, 7) is 10.6. The van der Waals surface area contributed by atoms with Crippen LogP contribution in [0.1, 0.15) is 59.3 Å². The van der Waals surface area contributed by atoms with Crippen molar-refractivity contribution >= 4 is 12.5 Å². The fraction of sp³-hybridized carbons (Fsp3) is 0.900. The third-order valence-electron chi connectivity index (χ3n) is 6.69. The average Bonchev–Trinajstić information content (AvgIpc) is 2.55. The van der Waals surface area contributed by atoms with Crippen molar-refractivity contribution in [3.05, 3.63) is 0 Å². The molecule has 2 heterocycles. The highest BCUT2D eigenvalue weighted by Crippen LogP contribution is 2.50. The maximum atomic E-state index is 11.7. The van der Waals surface area contributed by atoms with Crippen molar-refractivity contribution in [1.29, 1.82) is 0 Å². The van der Waals surface area contributed by atoms with Crippen LogP contribution in [0.3, 0.4) is 0 Å². The van der Waals surface area contributed by atoms with E-state index < -0.39 is 0 Å². The van der Waals surface area contributed by atoms with E-state index in [-0.39, 0.29) is 6.09 Å². The molecule has 2 saturated heterocycles. The van der Waals surface area contributed by atoms with Crippen LogP contribution in [-0.4, -0.2) is 78.1 Å². The van der Waals surface area contributed by atoms with Gasteiger partial charge in [-0.15, -0.1) is 0 Å². The zero-order valence-corrected chi connectivity index (χ0v) is 16.7. The fourth-order valence-electron chi connectivity index (χ4n) is 5.23. The largest absolute Gasteiger partial charge is 0.450 e. The molecule has 1 atom stereocenters. The summed E-state index contributed by atoms with van der Waals surface area (Å²) in [6.07, 6.45) is 7.71. The Hall–Kier alpha value is -1.30. The SMILES string of the molecule is CCCC(C)N(C=O)C1CCN(C2CC3(C2)CN(C(=O)OCC)C3)CC1. The molecule has 2 aliphatic heterocycles. The summed E-state index contributed by atoms with van der Waals surface area (Å²) < 4.78 is 5.08. The number of carbonyl (C=O) groups is 2. The molecule has 6 nitrogen and oxygen atoms in total. The predicted molar refractivity (Wildman–Crippen MR) is 101 cm³/mol. The quantitative estimate of drug-likeness (QED) is 0.651. The lowest BCUT2D eigenvalue weighted by Gasteiger charge is -2.61. The molecule has 1 aliphatic carbocycles. The van der Waals surface area contributed by atoms with Crippen LogP contribution < -0.4 is 0 Å². The molecule has 6 heteroatoms. The van der Waals surface area contributed by atoms with E-state index in [2.05, 4.69) is 23.6 Å². The smallest absolute Gasteiger partial charge is 0.409 e. The van der Waals surface area contributed by atoms with Gasteiger partial charge >= 0.3 is 6.09 Å². The minimum atomic E-state index is -0.155. The van der Waals surface area contributed by atoms with Crippen LogP contribution in [0.5, 0.6) is 0 Å². The van der Waals surface area contributed by atoms with Gasteiger partial charge in [-0.3, -0.25) is 4.79 Å². The van der Waals surface area contributed by atoms with Crippen molar-refractivity contribution in [3.8, 4) is 0 Å². The summed E-state index contributed by atoms with van der Waals surface area (Å²) >= 11 is 0. The first kappa shape index (κ1) is 19.5. The number of piperidine rings is 1. The van der Waals surface area contributed by atoms with Crippen molar-refractivity contribution in [1.82, 2.24) is 14.7 Å². The van der Waals surface area contributed by atoms with Gasteiger partial charge in [0.1, 0.15) is 0 Å². The van der Waals surface area contributed by atoms with Gasteiger partial charge in [-0.1, -0.05) is 13.3 Å². The molecule has 0 N–H and O–H groups in total. The van der Waals surface area contributed by atoms with E-state index in [0.717, 1.165) is 58.3 Å². The van der Waals surface area contributed by atoms with Gasteiger partial charge < -0.3 is 19.4 Å². The van der Waals surface area contributed by atoms with Crippen molar-refractivity contribution < 1.29 is 14.3 Å². The Bertz CT molecular complexity index is 491. The number of amides is 2. The predicted octanol–water partition coefficient (Wildman–Crippen LogP) is 2.72. The van der Waals surface area contributed by atoms with Crippen LogP contribution >= 0.6 is 0 Å². The summed E-state index contributed by atoms with van der Waals surface area (Å²) in [5, 5.41) is 0. The first-order chi connectivity index (χ1) is 12.5. The van der Waals surface area contributed by atoms with Gasteiger partial charge in [0.25, 0.3) is 0 Å². The highest BCUT2D eigenvalue weighted by atomic mass is 16.6. The summed E-state index contributed by atoms with van der Waals surface area (Å²) in [7, 11) is 0. The number of rotatable bonds is 7. The van der Waals surface area contributed by atoms with Gasteiger partial charge in [0.15, 0.2) is 0 Å². The lowest BCUT2D eigenvalue weighted by Crippen LogP contribution is -2.68. The number of hydrogen-bond acceptors (Lipinski definition) is 4. The first-order valence-corrected chi connectivity index (χ1v) is 10.4. The molecule has 3 aliphatic rings. The number of carbonyl (C=O) groups excluding carboxylic acids is 2. The number of ether oxygens (including phenoxy) is 1. The third-order valence-corrected chi connectivity index (χ3v) is 6.69. The Balaban J connectivity index is 1.39. The van der Waals surface area contributed by atoms with Gasteiger partial charge in [0, 0.05) is 49.7 Å². The van der Waals surface area contributed by atoms with E-state index in [9.17, 15) is 9.59 Å². The van der Waals surface area contributed by atoms with E-state index in [1.165, 1.54) is 12.8 Å². The molecular weight excluding hydrogens is 330 g/mol. The van der Waals surface area contributed by atoms with Gasteiger partial charge in [0.2, 0.25) is 6.41 Å². The molecule has 26 heavy (non-hydrogen) atoms. The van der Waals surface area contributed by atoms with E-state index in [1.807, 2.05) is 11.8 Å². The summed E-state index contributed by atoms with van der Waals surface area (Å²) in [4.78, 5) is 29.8. The lowest BCUT2D eigenvalue weighted by molar-refractivity contribution is -0.126. The molecule has 0 aromatic carbocycles. The Kier molecular flexibility index (Phi) is 6.10. The van der Waals surface area contributed by atoms with Crippen molar-refractivity contribution in [3.63, 3.8) is 0 Å². The molecule has 3 rings (SSSR count). The van der Waals surface area contributed by atoms with Crippen LogP contribution in [0.15, 0.2) is 0 Å². The Morgan fingerprint density at radius 1 is 1.27 bits per heavy atom. The van der Waals surface area contributed by atoms with E-state index in [0.29, 0.717) is 30.1 Å². The minimum absolute atomic E-state index is 0.155. The van der Waals surface area contributed by atoms with Crippen LogP contribution in [0.2, 0.25) is 0 Å². The monoisotopic (exact) mass is 365 g/mol. The molecule has 1 unspecified atom stereocenters. The van der Waals surface area contributed by atoms with Crippen molar-refractivity contribution in [2.24, 2.45) is 5.41 Å². The lowest BCUT2D eigenvalue weighted by atomic mass is 9.60. The van der Waals surface area contributed by atoms with Crippen molar-refractivity contribution in [2.45, 2.75) is 77.4 Å². The van der Waals surface area contributed by atoms with Crippen LogP contribution in [-0.2, 0) is 9.53 Å². The maximum Gasteiger partial charge on any atom is 0.409 e. The summed E-state index contributed by atoms with van der Waals surface area (Å²) in [5.74, 6) is 0. The van der Waals surface area contributed by atoms with Gasteiger partial charge in [-0.05, 0) is 46.0 Å². The second-order valence-electron chi connectivity index (χ2n) is 8.57. The van der Waals surface area contributed by atoms with Crippen LogP contribution in [0, 0.1) is 5.41 Å². The van der Waals surface area contributed by atoms with E-state index >= 15 is 0 Å². The van der Waals surface area contributed by atoms with Crippen molar-refractivity contribution in [2.75, 3.05) is 32.8 Å². The highest BCUT2D eigenvalue weighted by molar-refractivity contribution is 5.69. The molecular formula is C20H35N3O3. The van der Waals surface area contributed by atoms with Crippen LogP contribution in [0.4, 0.5) is 4.79 Å². The number of nitrogens with zero attached hydrogens (tertiary/aromatic N) is 3. The zero-order chi connectivity index (χ0) is 18.7.